The molecule has 0 atom stereocenters. The summed E-state index contributed by atoms with van der Waals surface area (Å²) in [4.78, 5) is 17.5. The van der Waals surface area contributed by atoms with E-state index in [2.05, 4.69) is 10.3 Å². The number of rotatable bonds is 2. The van der Waals surface area contributed by atoms with Crippen molar-refractivity contribution in [3.05, 3.63) is 42.0 Å². The van der Waals surface area contributed by atoms with Crippen LogP contribution in [0.3, 0.4) is 0 Å². The van der Waals surface area contributed by atoms with Crippen LogP contribution < -0.4 is 15.0 Å². The molecule has 1 aromatic heterocycles. The highest BCUT2D eigenvalue weighted by Gasteiger charge is 2.30. The Labute approximate surface area is 150 Å². The first-order valence-electron chi connectivity index (χ1n) is 7.59. The molecule has 0 unspecified atom stereocenters. The minimum Gasteiger partial charge on any atom is -0.482 e. The molecule has 3 aromatic rings. The molecule has 134 valence electrons. The topological polar surface area (TPSA) is 54.5 Å². The Morgan fingerprint density at radius 3 is 2.81 bits per heavy atom. The molecule has 4 rings (SSSR count). The van der Waals surface area contributed by atoms with Gasteiger partial charge in [0.05, 0.1) is 21.5 Å². The highest BCUT2D eigenvalue weighted by atomic mass is 32.1. The van der Waals surface area contributed by atoms with Gasteiger partial charge in [0, 0.05) is 12.7 Å². The predicted molar refractivity (Wildman–Crippen MR) is 93.3 cm³/mol. The van der Waals surface area contributed by atoms with Crippen LogP contribution in [-0.2, 0) is 11.0 Å². The van der Waals surface area contributed by atoms with E-state index in [1.54, 1.807) is 25.2 Å². The van der Waals surface area contributed by atoms with Crippen LogP contribution in [0.5, 0.6) is 5.75 Å². The average molecular weight is 379 g/mol. The van der Waals surface area contributed by atoms with E-state index in [1.807, 2.05) is 0 Å². The Bertz CT molecular complexity index is 1020. The zero-order chi connectivity index (χ0) is 18.5. The van der Waals surface area contributed by atoms with Gasteiger partial charge in [-0.05, 0) is 36.4 Å². The summed E-state index contributed by atoms with van der Waals surface area (Å²) in [7, 11) is 1.66. The Morgan fingerprint density at radius 1 is 1.23 bits per heavy atom. The van der Waals surface area contributed by atoms with Crippen molar-refractivity contribution in [3.63, 3.8) is 0 Å². The van der Waals surface area contributed by atoms with E-state index in [4.69, 9.17) is 4.74 Å². The van der Waals surface area contributed by atoms with Crippen molar-refractivity contribution in [1.82, 2.24) is 4.98 Å². The first-order valence-corrected chi connectivity index (χ1v) is 8.41. The molecule has 2 heterocycles. The summed E-state index contributed by atoms with van der Waals surface area (Å²) < 4.78 is 44.5. The van der Waals surface area contributed by atoms with Gasteiger partial charge in [-0.25, -0.2) is 4.98 Å². The maximum Gasteiger partial charge on any atom is 0.416 e. The summed E-state index contributed by atoms with van der Waals surface area (Å²) in [6.07, 6.45) is -4.40. The van der Waals surface area contributed by atoms with Crippen molar-refractivity contribution in [2.45, 2.75) is 6.18 Å². The van der Waals surface area contributed by atoms with Gasteiger partial charge in [-0.3, -0.25) is 4.79 Å². The largest absolute Gasteiger partial charge is 0.482 e. The SMILES string of the molecule is CN1C(=O)COc2ccc(Nc3nc4cc(C(F)(F)F)ccc4s3)cc21. The van der Waals surface area contributed by atoms with Crippen molar-refractivity contribution < 1.29 is 22.7 Å². The van der Waals surface area contributed by atoms with E-state index in [9.17, 15) is 18.0 Å². The van der Waals surface area contributed by atoms with Crippen LogP contribution >= 0.6 is 11.3 Å². The quantitative estimate of drug-likeness (QED) is 0.717. The number of thiazole rings is 1. The van der Waals surface area contributed by atoms with Gasteiger partial charge >= 0.3 is 6.18 Å². The van der Waals surface area contributed by atoms with E-state index in [-0.39, 0.29) is 18.0 Å². The van der Waals surface area contributed by atoms with Gasteiger partial charge in [0.1, 0.15) is 5.75 Å². The van der Waals surface area contributed by atoms with Gasteiger partial charge in [-0.15, -0.1) is 0 Å². The molecular weight excluding hydrogens is 367 g/mol. The molecule has 1 aliphatic heterocycles. The van der Waals surface area contributed by atoms with Gasteiger partial charge in [-0.1, -0.05) is 11.3 Å². The lowest BCUT2D eigenvalue weighted by Gasteiger charge is -2.26. The van der Waals surface area contributed by atoms with Gasteiger partial charge in [-0.2, -0.15) is 13.2 Å². The molecule has 26 heavy (non-hydrogen) atoms. The molecule has 0 saturated heterocycles. The number of carbonyl (C=O) groups is 1. The third-order valence-electron chi connectivity index (χ3n) is 4.01. The van der Waals surface area contributed by atoms with E-state index in [0.717, 1.165) is 12.1 Å². The predicted octanol–water partition coefficient (Wildman–Crippen LogP) is 4.41. The van der Waals surface area contributed by atoms with Crippen LogP contribution in [0.2, 0.25) is 0 Å². The lowest BCUT2D eigenvalue weighted by atomic mass is 10.2. The highest BCUT2D eigenvalue weighted by molar-refractivity contribution is 7.22. The third-order valence-corrected chi connectivity index (χ3v) is 4.96. The number of carbonyl (C=O) groups excluding carboxylic acids is 1. The third kappa shape index (κ3) is 2.94. The van der Waals surface area contributed by atoms with Crippen molar-refractivity contribution in [2.75, 3.05) is 23.9 Å². The summed E-state index contributed by atoms with van der Waals surface area (Å²) in [6, 6.07) is 8.71. The number of amides is 1. The van der Waals surface area contributed by atoms with Crippen LogP contribution in [0.1, 0.15) is 5.56 Å². The molecule has 0 saturated carbocycles. The Kier molecular flexibility index (Phi) is 3.76. The molecule has 0 aliphatic carbocycles. The van der Waals surface area contributed by atoms with Crippen LogP contribution in [-0.4, -0.2) is 24.5 Å². The van der Waals surface area contributed by atoms with E-state index >= 15 is 0 Å². The average Bonchev–Trinajstić information content (AvgIpc) is 2.99. The molecule has 1 aliphatic rings. The molecule has 0 radical (unpaired) electrons. The maximum absolute atomic E-state index is 12.8. The number of likely N-dealkylation sites (N-methyl/N-ethyl adjacent to an activating group) is 1. The number of benzene rings is 2. The molecule has 1 amide bonds. The number of anilines is 3. The summed E-state index contributed by atoms with van der Waals surface area (Å²) >= 11 is 1.25. The summed E-state index contributed by atoms with van der Waals surface area (Å²) in [5.74, 6) is 0.436. The van der Waals surface area contributed by atoms with Crippen LogP contribution in [0.15, 0.2) is 36.4 Å². The molecule has 1 N–H and O–H groups in total. The van der Waals surface area contributed by atoms with Gasteiger partial charge in [0.25, 0.3) is 5.91 Å². The van der Waals surface area contributed by atoms with Crippen LogP contribution in [0.4, 0.5) is 29.7 Å². The fourth-order valence-corrected chi connectivity index (χ4v) is 3.50. The number of hydrogen-bond acceptors (Lipinski definition) is 5. The van der Waals surface area contributed by atoms with Crippen molar-refractivity contribution in [2.24, 2.45) is 0 Å². The molecule has 2 aromatic carbocycles. The number of nitrogens with zero attached hydrogens (tertiary/aromatic N) is 2. The van der Waals surface area contributed by atoms with E-state index in [1.165, 1.54) is 22.3 Å². The van der Waals surface area contributed by atoms with E-state index < -0.39 is 11.7 Å². The summed E-state index contributed by atoms with van der Waals surface area (Å²) in [5.41, 5.74) is 0.824. The van der Waals surface area contributed by atoms with Crippen LogP contribution in [0, 0.1) is 0 Å². The lowest BCUT2D eigenvalue weighted by molar-refractivity contribution is -0.137. The minimum atomic E-state index is -4.40. The molecule has 0 spiro atoms. The Balaban J connectivity index is 1.64. The first-order chi connectivity index (χ1) is 12.3. The smallest absolute Gasteiger partial charge is 0.416 e. The second kappa shape index (κ2) is 5.87. The second-order valence-electron chi connectivity index (χ2n) is 5.75. The van der Waals surface area contributed by atoms with E-state index in [0.29, 0.717) is 27.0 Å². The number of hydrogen-bond donors (Lipinski definition) is 1. The minimum absolute atomic E-state index is 0.00428. The van der Waals surface area contributed by atoms with Crippen molar-refractivity contribution >= 4 is 44.0 Å². The zero-order valence-corrected chi connectivity index (χ0v) is 14.2. The number of alkyl halides is 3. The number of fused-ring (bicyclic) bond motifs is 2. The number of nitrogens with one attached hydrogen (secondary N) is 1. The normalized spacial score (nSPS) is 14.3. The van der Waals surface area contributed by atoms with Crippen molar-refractivity contribution in [1.29, 1.82) is 0 Å². The summed E-state index contributed by atoms with van der Waals surface area (Å²) in [6.45, 7) is -0.00428. The van der Waals surface area contributed by atoms with Crippen molar-refractivity contribution in [3.8, 4) is 5.75 Å². The number of halogens is 3. The number of aromatic nitrogens is 1. The molecule has 0 bridgehead atoms. The highest BCUT2D eigenvalue weighted by Crippen LogP contribution is 2.37. The van der Waals surface area contributed by atoms with Gasteiger partial charge in [0.2, 0.25) is 0 Å². The second-order valence-corrected chi connectivity index (χ2v) is 6.78. The Morgan fingerprint density at radius 2 is 2.04 bits per heavy atom. The number of ether oxygens (including phenoxy) is 1. The lowest BCUT2D eigenvalue weighted by Crippen LogP contribution is -2.35. The summed E-state index contributed by atoms with van der Waals surface area (Å²) in [5, 5.41) is 3.53. The molecule has 9 heteroatoms. The monoisotopic (exact) mass is 379 g/mol. The van der Waals surface area contributed by atoms with Gasteiger partial charge < -0.3 is 15.0 Å². The molecule has 0 fully saturated rings. The Hall–Kier alpha value is -2.81. The standard InChI is InChI=1S/C17H12F3N3O2S/c1-23-12-7-10(3-4-13(12)25-8-15(23)24)21-16-22-11-6-9(17(18,19)20)2-5-14(11)26-16/h2-7H,8H2,1H3,(H,21,22). The fraction of sp³-hybridized carbons (Fsp3) is 0.176. The molecule has 5 nitrogen and oxygen atoms in total. The zero-order valence-electron chi connectivity index (χ0n) is 13.4. The van der Waals surface area contributed by atoms with Crippen LogP contribution in [0.25, 0.3) is 10.2 Å². The van der Waals surface area contributed by atoms with Gasteiger partial charge in [0.15, 0.2) is 11.7 Å². The maximum atomic E-state index is 12.8. The fourth-order valence-electron chi connectivity index (χ4n) is 2.63. The molecular formula is C17H12F3N3O2S. The first kappa shape index (κ1) is 16.6.